The zero-order valence-corrected chi connectivity index (χ0v) is 16.0. The quantitative estimate of drug-likeness (QED) is 0.478. The van der Waals surface area contributed by atoms with E-state index in [4.69, 9.17) is 9.47 Å². The van der Waals surface area contributed by atoms with E-state index >= 15 is 0 Å². The van der Waals surface area contributed by atoms with Gasteiger partial charge in [-0.1, -0.05) is 6.07 Å². The summed E-state index contributed by atoms with van der Waals surface area (Å²) < 4.78 is 25.7. The Kier molecular flexibility index (Phi) is 4.37. The molecule has 0 bridgehead atoms. The van der Waals surface area contributed by atoms with E-state index in [1.54, 1.807) is 41.6 Å². The molecule has 0 radical (unpaired) electrons. The Hall–Kier alpha value is -3.45. The average Bonchev–Trinajstić information content (AvgIpc) is 3.39. The van der Waals surface area contributed by atoms with Crippen LogP contribution >= 0.6 is 11.3 Å². The van der Waals surface area contributed by atoms with Gasteiger partial charge in [-0.25, -0.2) is 4.39 Å². The summed E-state index contributed by atoms with van der Waals surface area (Å²) >= 11 is 1.28. The van der Waals surface area contributed by atoms with Crippen molar-refractivity contribution in [3.05, 3.63) is 83.2 Å². The van der Waals surface area contributed by atoms with Gasteiger partial charge in [-0.05, 0) is 48.0 Å². The van der Waals surface area contributed by atoms with Crippen LogP contribution in [0.3, 0.4) is 0 Å². The molecule has 29 heavy (non-hydrogen) atoms. The Morgan fingerprint density at radius 3 is 2.72 bits per heavy atom. The maximum absolute atomic E-state index is 14.1. The maximum Gasteiger partial charge on any atom is 0.268 e. The lowest BCUT2D eigenvalue weighted by molar-refractivity contribution is 0.0989. The van der Waals surface area contributed by atoms with Gasteiger partial charge in [0.25, 0.3) is 5.91 Å². The number of ether oxygens (including phenoxy) is 2. The highest BCUT2D eigenvalue weighted by molar-refractivity contribution is 7.20. The van der Waals surface area contributed by atoms with Gasteiger partial charge >= 0.3 is 0 Å². The SMILES string of the molecule is O=C(c1cc2c(F)cccc2s1)N(Cc1ccncc1)c1ccc2c(c1)OCO2. The third-order valence-corrected chi connectivity index (χ3v) is 5.81. The molecule has 0 unspecified atom stereocenters. The number of amides is 1. The Morgan fingerprint density at radius 1 is 1.07 bits per heavy atom. The van der Waals surface area contributed by atoms with Crippen LogP contribution in [0.25, 0.3) is 10.1 Å². The lowest BCUT2D eigenvalue weighted by Crippen LogP contribution is -2.29. The van der Waals surface area contributed by atoms with Crippen molar-refractivity contribution in [3.63, 3.8) is 0 Å². The van der Waals surface area contributed by atoms with Crippen molar-refractivity contribution in [2.75, 3.05) is 11.7 Å². The Balaban J connectivity index is 1.56. The molecule has 1 amide bonds. The summed E-state index contributed by atoms with van der Waals surface area (Å²) in [5.41, 5.74) is 1.60. The van der Waals surface area contributed by atoms with Gasteiger partial charge in [0.15, 0.2) is 11.5 Å². The number of hydrogen-bond acceptors (Lipinski definition) is 5. The number of nitrogens with zero attached hydrogens (tertiary/aromatic N) is 2. The maximum atomic E-state index is 14.1. The predicted octanol–water partition coefficient (Wildman–Crippen LogP) is 5.01. The van der Waals surface area contributed by atoms with Crippen molar-refractivity contribution in [3.8, 4) is 11.5 Å². The minimum atomic E-state index is -0.332. The first kappa shape index (κ1) is 17.6. The first-order valence-corrected chi connectivity index (χ1v) is 9.79. The molecular formula is C22H15FN2O3S. The second-order valence-electron chi connectivity index (χ2n) is 6.55. The predicted molar refractivity (Wildman–Crippen MR) is 109 cm³/mol. The lowest BCUT2D eigenvalue weighted by Gasteiger charge is -2.22. The second kappa shape index (κ2) is 7.18. The highest BCUT2D eigenvalue weighted by Crippen LogP contribution is 2.37. The molecule has 4 aromatic rings. The highest BCUT2D eigenvalue weighted by atomic mass is 32.1. The van der Waals surface area contributed by atoms with E-state index in [-0.39, 0.29) is 18.5 Å². The van der Waals surface area contributed by atoms with Crippen molar-refractivity contribution in [2.24, 2.45) is 0 Å². The molecule has 3 heterocycles. The van der Waals surface area contributed by atoms with Gasteiger partial charge in [-0.3, -0.25) is 9.78 Å². The molecule has 0 fully saturated rings. The van der Waals surface area contributed by atoms with E-state index < -0.39 is 0 Å². The molecule has 7 heteroatoms. The zero-order chi connectivity index (χ0) is 19.8. The van der Waals surface area contributed by atoms with Gasteiger partial charge in [0.2, 0.25) is 6.79 Å². The van der Waals surface area contributed by atoms with Crippen molar-refractivity contribution in [1.29, 1.82) is 0 Å². The molecule has 0 saturated heterocycles. The van der Waals surface area contributed by atoms with Crippen molar-refractivity contribution >= 4 is 33.0 Å². The van der Waals surface area contributed by atoms with E-state index in [9.17, 15) is 9.18 Å². The van der Waals surface area contributed by atoms with Gasteiger partial charge in [0.1, 0.15) is 5.82 Å². The molecule has 1 aliphatic heterocycles. The molecule has 0 atom stereocenters. The number of pyridine rings is 1. The van der Waals surface area contributed by atoms with Crippen LogP contribution < -0.4 is 14.4 Å². The fourth-order valence-electron chi connectivity index (χ4n) is 3.27. The number of thiophene rings is 1. The van der Waals surface area contributed by atoms with Gasteiger partial charge in [0.05, 0.1) is 11.4 Å². The fraction of sp³-hybridized carbons (Fsp3) is 0.0909. The van der Waals surface area contributed by atoms with Crippen LogP contribution in [0.1, 0.15) is 15.2 Å². The summed E-state index contributed by atoms with van der Waals surface area (Å²) in [4.78, 5) is 19.6. The summed E-state index contributed by atoms with van der Waals surface area (Å²) in [6.07, 6.45) is 3.37. The molecule has 5 rings (SSSR count). The van der Waals surface area contributed by atoms with Crippen LogP contribution in [-0.4, -0.2) is 17.7 Å². The number of benzene rings is 2. The van der Waals surface area contributed by atoms with Gasteiger partial charge in [-0.2, -0.15) is 0 Å². The Bertz CT molecular complexity index is 1210. The van der Waals surface area contributed by atoms with Crippen molar-refractivity contribution in [1.82, 2.24) is 4.98 Å². The summed E-state index contributed by atoms with van der Waals surface area (Å²) in [6.45, 7) is 0.504. The van der Waals surface area contributed by atoms with Crippen LogP contribution in [0.2, 0.25) is 0 Å². The molecule has 0 N–H and O–H groups in total. The molecule has 0 spiro atoms. The van der Waals surface area contributed by atoms with Gasteiger partial charge in [0, 0.05) is 34.2 Å². The fourth-order valence-corrected chi connectivity index (χ4v) is 4.29. The number of aromatic nitrogens is 1. The second-order valence-corrected chi connectivity index (χ2v) is 7.63. The number of hydrogen-bond donors (Lipinski definition) is 0. The van der Waals surface area contributed by atoms with Crippen molar-refractivity contribution in [2.45, 2.75) is 6.54 Å². The highest BCUT2D eigenvalue weighted by Gasteiger charge is 2.23. The molecule has 5 nitrogen and oxygen atoms in total. The van der Waals surface area contributed by atoms with Gasteiger partial charge < -0.3 is 14.4 Å². The van der Waals surface area contributed by atoms with Crippen LogP contribution in [-0.2, 0) is 6.54 Å². The molecule has 0 saturated carbocycles. The smallest absolute Gasteiger partial charge is 0.268 e. The van der Waals surface area contributed by atoms with E-state index in [2.05, 4.69) is 4.98 Å². The number of fused-ring (bicyclic) bond motifs is 2. The minimum absolute atomic E-state index is 0.159. The van der Waals surface area contributed by atoms with Crippen LogP contribution in [0.5, 0.6) is 11.5 Å². The first-order chi connectivity index (χ1) is 14.2. The van der Waals surface area contributed by atoms with E-state index in [0.717, 1.165) is 10.3 Å². The van der Waals surface area contributed by atoms with Crippen LogP contribution in [0, 0.1) is 5.82 Å². The minimum Gasteiger partial charge on any atom is -0.454 e. The first-order valence-electron chi connectivity index (χ1n) is 8.97. The number of carbonyl (C=O) groups is 1. The molecular weight excluding hydrogens is 391 g/mol. The molecule has 144 valence electrons. The summed E-state index contributed by atoms with van der Waals surface area (Å²) in [6, 6.07) is 15.6. The Labute approximate surface area is 169 Å². The summed E-state index contributed by atoms with van der Waals surface area (Å²) in [5, 5.41) is 0.454. The Morgan fingerprint density at radius 2 is 1.90 bits per heavy atom. The third-order valence-electron chi connectivity index (χ3n) is 4.72. The van der Waals surface area contributed by atoms with Crippen molar-refractivity contribution < 1.29 is 18.7 Å². The van der Waals surface area contributed by atoms with Gasteiger partial charge in [-0.15, -0.1) is 11.3 Å². The molecule has 2 aromatic carbocycles. The molecule has 0 aliphatic carbocycles. The normalized spacial score (nSPS) is 12.3. The number of halogens is 1. The number of anilines is 1. The monoisotopic (exact) mass is 406 g/mol. The largest absolute Gasteiger partial charge is 0.454 e. The number of rotatable bonds is 4. The topological polar surface area (TPSA) is 51.7 Å². The van der Waals surface area contributed by atoms with Crippen LogP contribution in [0.15, 0.2) is 67.0 Å². The van der Waals surface area contributed by atoms with E-state index in [0.29, 0.717) is 34.0 Å². The summed E-state index contributed by atoms with van der Waals surface area (Å²) in [7, 11) is 0. The van der Waals surface area contributed by atoms with E-state index in [1.807, 2.05) is 24.3 Å². The average molecular weight is 406 g/mol. The lowest BCUT2D eigenvalue weighted by atomic mass is 10.2. The number of carbonyl (C=O) groups excluding carboxylic acids is 1. The molecule has 1 aliphatic rings. The summed E-state index contributed by atoms with van der Waals surface area (Å²) in [5.74, 6) is 0.703. The zero-order valence-electron chi connectivity index (χ0n) is 15.2. The standard InChI is InChI=1S/C22H15FN2O3S/c23-17-2-1-3-20-16(17)11-21(29-20)22(26)25(12-14-6-8-24-9-7-14)15-4-5-18-19(10-15)28-13-27-18/h1-11H,12-13H2. The van der Waals surface area contributed by atoms with Crippen LogP contribution in [0.4, 0.5) is 10.1 Å². The third kappa shape index (κ3) is 3.30. The van der Waals surface area contributed by atoms with E-state index in [1.165, 1.54) is 17.4 Å². The molecule has 2 aromatic heterocycles.